The van der Waals surface area contributed by atoms with Crippen molar-refractivity contribution < 1.29 is 9.53 Å². The second-order valence-electron chi connectivity index (χ2n) is 3.87. The van der Waals surface area contributed by atoms with Gasteiger partial charge in [-0.3, -0.25) is 20.1 Å². The Labute approximate surface area is 107 Å². The number of methoxy groups -OCH3 is 1. The molecule has 3 N–H and O–H groups in total. The van der Waals surface area contributed by atoms with E-state index in [0.717, 1.165) is 25.3 Å². The highest BCUT2D eigenvalue weighted by atomic mass is 16.5. The lowest BCUT2D eigenvalue weighted by atomic mass is 10.2. The zero-order valence-corrected chi connectivity index (χ0v) is 10.8. The number of hydrogen-bond acceptors (Lipinski definition) is 5. The summed E-state index contributed by atoms with van der Waals surface area (Å²) in [6, 6.07) is 3.55. The van der Waals surface area contributed by atoms with E-state index in [-0.39, 0.29) is 5.91 Å². The van der Waals surface area contributed by atoms with Crippen LogP contribution >= 0.6 is 0 Å². The quantitative estimate of drug-likeness (QED) is 0.410. The van der Waals surface area contributed by atoms with E-state index in [2.05, 4.69) is 22.2 Å². The van der Waals surface area contributed by atoms with Gasteiger partial charge in [0.2, 0.25) is 0 Å². The number of nitrogen functional groups attached to an aromatic ring is 1. The van der Waals surface area contributed by atoms with Crippen molar-refractivity contribution in [3.63, 3.8) is 0 Å². The maximum atomic E-state index is 11.2. The van der Waals surface area contributed by atoms with E-state index in [1.807, 2.05) is 6.07 Å². The standard InChI is InChI=1S/C12H20N4O2/c1-3-16(6-7-18-2)9-11-5-4-10(8-14-11)12(17)15-13/h4-5,8H,3,6-7,9,13H2,1-2H3,(H,15,17). The highest BCUT2D eigenvalue weighted by Gasteiger charge is 2.07. The molecule has 1 aromatic heterocycles. The first-order chi connectivity index (χ1) is 8.71. The van der Waals surface area contributed by atoms with E-state index in [1.165, 1.54) is 6.20 Å². The van der Waals surface area contributed by atoms with Crippen LogP contribution in [0.1, 0.15) is 23.0 Å². The van der Waals surface area contributed by atoms with Crippen LogP contribution in [0.2, 0.25) is 0 Å². The van der Waals surface area contributed by atoms with Crippen LogP contribution in [0.4, 0.5) is 0 Å². The molecule has 0 fully saturated rings. The Morgan fingerprint density at radius 2 is 2.33 bits per heavy atom. The molecular weight excluding hydrogens is 232 g/mol. The number of nitrogens with one attached hydrogen (secondary N) is 1. The monoisotopic (exact) mass is 252 g/mol. The van der Waals surface area contributed by atoms with Crippen molar-refractivity contribution in [1.82, 2.24) is 15.3 Å². The third-order valence-electron chi connectivity index (χ3n) is 2.66. The summed E-state index contributed by atoms with van der Waals surface area (Å²) in [4.78, 5) is 17.7. The molecule has 1 amide bonds. The summed E-state index contributed by atoms with van der Waals surface area (Å²) in [5.74, 6) is 4.72. The first-order valence-corrected chi connectivity index (χ1v) is 5.88. The lowest BCUT2D eigenvalue weighted by Gasteiger charge is -2.19. The largest absolute Gasteiger partial charge is 0.383 e. The van der Waals surface area contributed by atoms with Gasteiger partial charge in [-0.25, -0.2) is 5.84 Å². The van der Waals surface area contributed by atoms with E-state index < -0.39 is 0 Å². The van der Waals surface area contributed by atoms with Crippen LogP contribution in [0.25, 0.3) is 0 Å². The van der Waals surface area contributed by atoms with Gasteiger partial charge in [0.25, 0.3) is 5.91 Å². The van der Waals surface area contributed by atoms with E-state index in [9.17, 15) is 4.79 Å². The summed E-state index contributed by atoms with van der Waals surface area (Å²) in [6.07, 6.45) is 1.53. The molecule has 0 saturated heterocycles. The molecule has 1 heterocycles. The van der Waals surface area contributed by atoms with Crippen molar-refractivity contribution in [3.8, 4) is 0 Å². The first-order valence-electron chi connectivity index (χ1n) is 5.88. The second kappa shape index (κ2) is 7.75. The van der Waals surface area contributed by atoms with Crippen LogP contribution in [-0.2, 0) is 11.3 Å². The molecule has 6 heteroatoms. The zero-order chi connectivity index (χ0) is 13.4. The third kappa shape index (κ3) is 4.40. The van der Waals surface area contributed by atoms with Crippen molar-refractivity contribution in [2.24, 2.45) is 5.84 Å². The average Bonchev–Trinajstić information content (AvgIpc) is 2.43. The van der Waals surface area contributed by atoms with E-state index in [0.29, 0.717) is 12.2 Å². The Morgan fingerprint density at radius 3 is 2.83 bits per heavy atom. The summed E-state index contributed by atoms with van der Waals surface area (Å²) in [5, 5.41) is 0. The van der Waals surface area contributed by atoms with Crippen LogP contribution in [0, 0.1) is 0 Å². The van der Waals surface area contributed by atoms with Crippen molar-refractivity contribution in [1.29, 1.82) is 0 Å². The van der Waals surface area contributed by atoms with Crippen LogP contribution in [0.3, 0.4) is 0 Å². The fourth-order valence-electron chi connectivity index (χ4n) is 1.53. The normalized spacial score (nSPS) is 10.7. The Morgan fingerprint density at radius 1 is 1.56 bits per heavy atom. The molecule has 18 heavy (non-hydrogen) atoms. The molecular formula is C12H20N4O2. The predicted molar refractivity (Wildman–Crippen MR) is 68.7 cm³/mol. The minimum atomic E-state index is -0.333. The van der Waals surface area contributed by atoms with Gasteiger partial charge in [0.1, 0.15) is 0 Å². The SMILES string of the molecule is CCN(CCOC)Cc1ccc(C(=O)NN)cn1. The molecule has 0 aliphatic rings. The average molecular weight is 252 g/mol. The van der Waals surface area contributed by atoms with E-state index in [1.54, 1.807) is 13.2 Å². The molecule has 0 saturated carbocycles. The molecule has 0 atom stereocenters. The highest BCUT2D eigenvalue weighted by Crippen LogP contribution is 2.04. The summed E-state index contributed by atoms with van der Waals surface area (Å²) in [7, 11) is 1.69. The number of likely N-dealkylation sites (N-methyl/N-ethyl adjacent to an activating group) is 1. The van der Waals surface area contributed by atoms with Gasteiger partial charge in [0.15, 0.2) is 0 Å². The maximum Gasteiger partial charge on any atom is 0.266 e. The second-order valence-corrected chi connectivity index (χ2v) is 3.87. The number of pyridine rings is 1. The van der Waals surface area contributed by atoms with Gasteiger partial charge >= 0.3 is 0 Å². The summed E-state index contributed by atoms with van der Waals surface area (Å²) in [5.41, 5.74) is 3.45. The molecule has 0 aliphatic carbocycles. The molecule has 100 valence electrons. The van der Waals surface area contributed by atoms with E-state index in [4.69, 9.17) is 10.6 Å². The van der Waals surface area contributed by atoms with Gasteiger partial charge in [-0.15, -0.1) is 0 Å². The van der Waals surface area contributed by atoms with Gasteiger partial charge in [-0.05, 0) is 18.7 Å². The number of nitrogens with zero attached hydrogens (tertiary/aromatic N) is 2. The summed E-state index contributed by atoms with van der Waals surface area (Å²) in [6.45, 7) is 5.31. The maximum absolute atomic E-state index is 11.2. The number of hydrazine groups is 1. The molecule has 0 aliphatic heterocycles. The van der Waals surface area contributed by atoms with E-state index >= 15 is 0 Å². The summed E-state index contributed by atoms with van der Waals surface area (Å²) >= 11 is 0. The van der Waals surface area contributed by atoms with Gasteiger partial charge < -0.3 is 4.74 Å². The minimum absolute atomic E-state index is 0.333. The lowest BCUT2D eigenvalue weighted by Crippen LogP contribution is -2.30. The van der Waals surface area contributed by atoms with Gasteiger partial charge in [-0.2, -0.15) is 0 Å². The van der Waals surface area contributed by atoms with Gasteiger partial charge in [0, 0.05) is 26.4 Å². The third-order valence-corrected chi connectivity index (χ3v) is 2.66. The van der Waals surface area contributed by atoms with Crippen LogP contribution in [0.15, 0.2) is 18.3 Å². The number of ether oxygens (including phenoxy) is 1. The fraction of sp³-hybridized carbons (Fsp3) is 0.500. The number of hydrogen-bond donors (Lipinski definition) is 2. The summed E-state index contributed by atoms with van der Waals surface area (Å²) < 4.78 is 5.05. The number of nitrogens with two attached hydrogens (primary N) is 1. The minimum Gasteiger partial charge on any atom is -0.383 e. The Kier molecular flexibility index (Phi) is 6.27. The number of rotatable bonds is 7. The number of carbonyl (C=O) groups excluding carboxylic acids is 1. The topological polar surface area (TPSA) is 80.5 Å². The number of carbonyl (C=O) groups is 1. The Hall–Kier alpha value is -1.50. The van der Waals surface area contributed by atoms with Crippen LogP contribution in [0.5, 0.6) is 0 Å². The molecule has 6 nitrogen and oxygen atoms in total. The van der Waals surface area contributed by atoms with Crippen molar-refractivity contribution >= 4 is 5.91 Å². The molecule has 1 rings (SSSR count). The Balaban J connectivity index is 2.59. The Bertz CT molecular complexity index is 367. The highest BCUT2D eigenvalue weighted by molar-refractivity contribution is 5.93. The smallest absolute Gasteiger partial charge is 0.266 e. The number of aromatic nitrogens is 1. The van der Waals surface area contributed by atoms with Crippen LogP contribution < -0.4 is 11.3 Å². The van der Waals surface area contributed by atoms with Crippen molar-refractivity contribution in [3.05, 3.63) is 29.6 Å². The lowest BCUT2D eigenvalue weighted by molar-refractivity contribution is 0.0953. The molecule has 0 spiro atoms. The zero-order valence-electron chi connectivity index (χ0n) is 10.8. The van der Waals surface area contributed by atoms with Crippen LogP contribution in [-0.4, -0.2) is 42.6 Å². The molecule has 0 radical (unpaired) electrons. The molecule has 0 bridgehead atoms. The molecule has 0 aromatic carbocycles. The number of amides is 1. The predicted octanol–water partition coefficient (Wildman–Crippen LogP) is 0.153. The molecule has 1 aromatic rings. The van der Waals surface area contributed by atoms with Crippen molar-refractivity contribution in [2.45, 2.75) is 13.5 Å². The first kappa shape index (κ1) is 14.6. The van der Waals surface area contributed by atoms with Gasteiger partial charge in [0.05, 0.1) is 17.9 Å². The van der Waals surface area contributed by atoms with Crippen molar-refractivity contribution in [2.75, 3.05) is 26.8 Å². The fourth-order valence-corrected chi connectivity index (χ4v) is 1.53. The molecule has 0 unspecified atom stereocenters. The van der Waals surface area contributed by atoms with Gasteiger partial charge in [-0.1, -0.05) is 6.92 Å².